The molecule has 0 aliphatic heterocycles. The van der Waals surface area contributed by atoms with Crippen molar-refractivity contribution in [1.82, 2.24) is 4.72 Å². The lowest BCUT2D eigenvalue weighted by Gasteiger charge is -2.09. The molecular weight excluding hydrogens is 291 g/mol. The van der Waals surface area contributed by atoms with Crippen LogP contribution in [0.5, 0.6) is 0 Å². The van der Waals surface area contributed by atoms with Crippen molar-refractivity contribution in [2.45, 2.75) is 30.8 Å². The van der Waals surface area contributed by atoms with Crippen LogP contribution in [-0.2, 0) is 10.0 Å². The van der Waals surface area contributed by atoms with Crippen molar-refractivity contribution in [3.05, 3.63) is 34.1 Å². The molecule has 0 saturated heterocycles. The van der Waals surface area contributed by atoms with Crippen LogP contribution < -0.4 is 4.72 Å². The van der Waals surface area contributed by atoms with Crippen molar-refractivity contribution in [1.29, 1.82) is 0 Å². The summed E-state index contributed by atoms with van der Waals surface area (Å²) >= 11 is 0. The number of sulfonamides is 1. The molecular formula is C11H15FN2O5S. The minimum atomic E-state index is -4.13. The standard InChI is InChI=1S/C11H15FN2O5S/c1-2-9(15)5-6-13-20(18,19)11-4-3-8(12)7-10(11)14(16)17/h3-4,7,9,13,15H,2,5-6H2,1H3. The highest BCUT2D eigenvalue weighted by Gasteiger charge is 2.26. The van der Waals surface area contributed by atoms with Crippen LogP contribution in [0.2, 0.25) is 0 Å². The fourth-order valence-corrected chi connectivity index (χ4v) is 2.70. The van der Waals surface area contributed by atoms with Crippen LogP contribution >= 0.6 is 0 Å². The summed E-state index contributed by atoms with van der Waals surface area (Å²) < 4.78 is 38.9. The third kappa shape index (κ3) is 4.22. The topological polar surface area (TPSA) is 110 Å². The molecule has 0 radical (unpaired) electrons. The predicted octanol–water partition coefficient (Wildman–Crippen LogP) is 1.17. The van der Waals surface area contributed by atoms with Crippen LogP contribution in [0.4, 0.5) is 10.1 Å². The number of hydrogen-bond donors (Lipinski definition) is 2. The number of nitro groups is 1. The van der Waals surface area contributed by atoms with Gasteiger partial charge in [0.05, 0.1) is 17.1 Å². The third-order valence-electron chi connectivity index (χ3n) is 2.65. The van der Waals surface area contributed by atoms with E-state index in [1.165, 1.54) is 0 Å². The monoisotopic (exact) mass is 306 g/mol. The van der Waals surface area contributed by atoms with E-state index in [0.29, 0.717) is 12.5 Å². The van der Waals surface area contributed by atoms with Crippen LogP contribution in [0.15, 0.2) is 23.1 Å². The molecule has 7 nitrogen and oxygen atoms in total. The van der Waals surface area contributed by atoms with Gasteiger partial charge in [0.25, 0.3) is 5.69 Å². The van der Waals surface area contributed by atoms with Crippen LogP contribution in [0, 0.1) is 15.9 Å². The summed E-state index contributed by atoms with van der Waals surface area (Å²) in [5.74, 6) is -0.892. The highest BCUT2D eigenvalue weighted by atomic mass is 32.2. The van der Waals surface area contributed by atoms with E-state index in [1.54, 1.807) is 6.92 Å². The Morgan fingerprint density at radius 3 is 2.70 bits per heavy atom. The van der Waals surface area contributed by atoms with Gasteiger partial charge in [-0.05, 0) is 25.0 Å². The van der Waals surface area contributed by atoms with Gasteiger partial charge in [0.1, 0.15) is 5.82 Å². The average Bonchev–Trinajstić information content (AvgIpc) is 2.37. The first-order chi connectivity index (χ1) is 9.27. The minimum absolute atomic E-state index is 0.0636. The van der Waals surface area contributed by atoms with E-state index < -0.39 is 37.5 Å². The van der Waals surface area contributed by atoms with E-state index in [9.17, 15) is 28.0 Å². The summed E-state index contributed by atoms with van der Waals surface area (Å²) in [6.07, 6.45) is 0.00396. The highest BCUT2D eigenvalue weighted by molar-refractivity contribution is 7.89. The zero-order valence-electron chi connectivity index (χ0n) is 10.7. The van der Waals surface area contributed by atoms with Gasteiger partial charge in [-0.3, -0.25) is 10.1 Å². The van der Waals surface area contributed by atoms with Crippen molar-refractivity contribution >= 4 is 15.7 Å². The lowest BCUT2D eigenvalue weighted by molar-refractivity contribution is -0.388. The van der Waals surface area contributed by atoms with Gasteiger partial charge in [0, 0.05) is 6.54 Å². The molecule has 1 aromatic rings. The van der Waals surface area contributed by atoms with Crippen LogP contribution in [-0.4, -0.2) is 31.1 Å². The number of rotatable bonds is 7. The first kappa shape index (κ1) is 16.5. The molecule has 0 aliphatic carbocycles. The maximum Gasteiger partial charge on any atom is 0.292 e. The normalized spacial score (nSPS) is 13.2. The van der Waals surface area contributed by atoms with Gasteiger partial charge in [-0.15, -0.1) is 0 Å². The number of benzene rings is 1. The highest BCUT2D eigenvalue weighted by Crippen LogP contribution is 2.24. The average molecular weight is 306 g/mol. The third-order valence-corrected chi connectivity index (χ3v) is 4.16. The smallest absolute Gasteiger partial charge is 0.292 e. The lowest BCUT2D eigenvalue weighted by Crippen LogP contribution is -2.27. The second kappa shape index (κ2) is 6.73. The van der Waals surface area contributed by atoms with Gasteiger partial charge < -0.3 is 5.11 Å². The Balaban J connectivity index is 2.95. The second-order valence-corrected chi connectivity index (χ2v) is 5.85. The zero-order valence-corrected chi connectivity index (χ0v) is 11.6. The van der Waals surface area contributed by atoms with E-state index in [4.69, 9.17) is 0 Å². The quantitative estimate of drug-likeness (QED) is 0.580. The van der Waals surface area contributed by atoms with Crippen molar-refractivity contribution in [3.63, 3.8) is 0 Å². The molecule has 0 bridgehead atoms. The molecule has 20 heavy (non-hydrogen) atoms. The molecule has 1 atom stereocenters. The molecule has 0 amide bonds. The maximum atomic E-state index is 12.9. The molecule has 2 N–H and O–H groups in total. The number of nitro benzene ring substituents is 1. The molecule has 0 saturated carbocycles. The van der Waals surface area contributed by atoms with E-state index in [0.717, 1.165) is 12.1 Å². The zero-order chi connectivity index (χ0) is 15.3. The summed E-state index contributed by atoms with van der Waals surface area (Å²) in [4.78, 5) is 9.19. The largest absolute Gasteiger partial charge is 0.393 e. The molecule has 112 valence electrons. The molecule has 0 aliphatic rings. The summed E-state index contributed by atoms with van der Waals surface area (Å²) in [5.41, 5.74) is -0.825. The van der Waals surface area contributed by atoms with Crippen molar-refractivity contribution in [2.24, 2.45) is 0 Å². The minimum Gasteiger partial charge on any atom is -0.393 e. The van der Waals surface area contributed by atoms with Gasteiger partial charge in [-0.25, -0.2) is 17.5 Å². The number of aliphatic hydroxyl groups excluding tert-OH is 1. The molecule has 0 heterocycles. The van der Waals surface area contributed by atoms with Gasteiger partial charge in [-0.1, -0.05) is 6.92 Å². The fraction of sp³-hybridized carbons (Fsp3) is 0.455. The van der Waals surface area contributed by atoms with E-state index in [-0.39, 0.29) is 13.0 Å². The molecule has 0 aromatic heterocycles. The molecule has 1 unspecified atom stereocenters. The number of hydrogen-bond acceptors (Lipinski definition) is 5. The van der Waals surface area contributed by atoms with Crippen molar-refractivity contribution in [2.75, 3.05) is 6.54 Å². The summed E-state index contributed by atoms with van der Waals surface area (Å²) in [7, 11) is -4.13. The number of nitrogens with zero attached hydrogens (tertiary/aromatic N) is 1. The predicted molar refractivity (Wildman–Crippen MR) is 69.2 cm³/mol. The number of halogens is 1. The Hall–Kier alpha value is -1.58. The summed E-state index contributed by atoms with van der Waals surface area (Å²) in [6.45, 7) is 1.68. The Kier molecular flexibility index (Phi) is 5.54. The van der Waals surface area contributed by atoms with Gasteiger partial charge in [-0.2, -0.15) is 0 Å². The summed E-state index contributed by atoms with van der Waals surface area (Å²) in [5, 5.41) is 20.1. The van der Waals surface area contributed by atoms with Crippen LogP contribution in [0.3, 0.4) is 0 Å². The van der Waals surface area contributed by atoms with Crippen LogP contribution in [0.1, 0.15) is 19.8 Å². The Labute approximate surface area is 115 Å². The van der Waals surface area contributed by atoms with Gasteiger partial charge >= 0.3 is 0 Å². The van der Waals surface area contributed by atoms with E-state index in [1.807, 2.05) is 0 Å². The Morgan fingerprint density at radius 1 is 1.50 bits per heavy atom. The van der Waals surface area contributed by atoms with Gasteiger partial charge in [0.2, 0.25) is 10.0 Å². The van der Waals surface area contributed by atoms with E-state index in [2.05, 4.69) is 4.72 Å². The Bertz CT molecular complexity index is 590. The van der Waals surface area contributed by atoms with Crippen molar-refractivity contribution < 1.29 is 22.8 Å². The molecule has 1 aromatic carbocycles. The number of aliphatic hydroxyl groups is 1. The van der Waals surface area contributed by atoms with Crippen LogP contribution in [0.25, 0.3) is 0 Å². The Morgan fingerprint density at radius 2 is 2.15 bits per heavy atom. The first-order valence-electron chi connectivity index (χ1n) is 5.89. The SMILES string of the molecule is CCC(O)CCNS(=O)(=O)c1ccc(F)cc1[N+](=O)[O-]. The van der Waals surface area contributed by atoms with E-state index >= 15 is 0 Å². The fourth-order valence-electron chi connectivity index (χ4n) is 1.50. The van der Waals surface area contributed by atoms with Gasteiger partial charge in [0.15, 0.2) is 4.90 Å². The summed E-state index contributed by atoms with van der Waals surface area (Å²) in [6, 6.07) is 2.23. The molecule has 9 heteroatoms. The second-order valence-electron chi connectivity index (χ2n) is 4.12. The lowest BCUT2D eigenvalue weighted by atomic mass is 10.2. The molecule has 0 fully saturated rings. The maximum absolute atomic E-state index is 12.9. The molecule has 0 spiro atoms. The van der Waals surface area contributed by atoms with Crippen molar-refractivity contribution in [3.8, 4) is 0 Å². The number of nitrogens with one attached hydrogen (secondary N) is 1. The first-order valence-corrected chi connectivity index (χ1v) is 7.38. The molecule has 1 rings (SSSR count).